The number of carbonyl (C=O) groups excluding carboxylic acids is 1. The number of carbonyl (C=O) groups is 1. The monoisotopic (exact) mass is 207 g/mol. The fourth-order valence-electron chi connectivity index (χ4n) is 1.16. The summed E-state index contributed by atoms with van der Waals surface area (Å²) in [4.78, 5) is 11.3. The van der Waals surface area contributed by atoms with E-state index in [4.69, 9.17) is 5.73 Å². The topological polar surface area (TPSA) is 67.2 Å². The number of nitrogens with one attached hydrogen (secondary N) is 2. The van der Waals surface area contributed by atoms with Crippen molar-refractivity contribution in [2.24, 2.45) is 0 Å². The van der Waals surface area contributed by atoms with E-state index in [9.17, 15) is 4.79 Å². The van der Waals surface area contributed by atoms with Gasteiger partial charge in [0, 0.05) is 17.9 Å². The molecule has 82 valence electrons. The minimum absolute atomic E-state index is 0.000672. The molecule has 0 fully saturated rings. The summed E-state index contributed by atoms with van der Waals surface area (Å²) in [5.74, 6) is -0.000672. The molecule has 4 heteroatoms. The smallest absolute Gasteiger partial charge is 0.239 e. The summed E-state index contributed by atoms with van der Waals surface area (Å²) in [6, 6.07) is 7.33. The van der Waals surface area contributed by atoms with Crippen LogP contribution in [-0.4, -0.2) is 19.0 Å². The van der Waals surface area contributed by atoms with Gasteiger partial charge < -0.3 is 16.4 Å². The van der Waals surface area contributed by atoms with Gasteiger partial charge >= 0.3 is 0 Å². The van der Waals surface area contributed by atoms with Crippen LogP contribution in [0.3, 0.4) is 0 Å². The third kappa shape index (κ3) is 4.35. The molecule has 0 aromatic heterocycles. The molecule has 0 aliphatic heterocycles. The summed E-state index contributed by atoms with van der Waals surface area (Å²) >= 11 is 0. The van der Waals surface area contributed by atoms with E-state index in [-0.39, 0.29) is 12.5 Å². The normalized spacial score (nSPS) is 9.67. The molecule has 1 rings (SSSR count). The van der Waals surface area contributed by atoms with Crippen LogP contribution in [0, 0.1) is 0 Å². The molecule has 0 atom stereocenters. The number of nitrogen functional groups attached to an aromatic ring is 1. The molecule has 0 aliphatic rings. The number of nitrogens with two attached hydrogens (primary N) is 1. The van der Waals surface area contributed by atoms with Gasteiger partial charge in [0.05, 0.1) is 6.54 Å². The standard InChI is InChI=1S/C11H17N3O/c1-2-6-13-11(15)8-14-10-5-3-4-9(12)7-10/h3-5,7,14H,2,6,8,12H2,1H3,(H,13,15). The van der Waals surface area contributed by atoms with Gasteiger partial charge in [-0.15, -0.1) is 0 Å². The highest BCUT2D eigenvalue weighted by Gasteiger charge is 1.99. The molecule has 1 aromatic carbocycles. The van der Waals surface area contributed by atoms with Crippen LogP contribution in [0.5, 0.6) is 0 Å². The summed E-state index contributed by atoms with van der Waals surface area (Å²) in [5, 5.41) is 5.79. The zero-order valence-electron chi connectivity index (χ0n) is 8.92. The van der Waals surface area contributed by atoms with Gasteiger partial charge in [-0.1, -0.05) is 13.0 Å². The quantitative estimate of drug-likeness (QED) is 0.636. The second-order valence-corrected chi connectivity index (χ2v) is 3.33. The molecule has 4 nitrogen and oxygen atoms in total. The molecule has 0 spiro atoms. The third-order valence-corrected chi connectivity index (χ3v) is 1.91. The Hall–Kier alpha value is -1.71. The van der Waals surface area contributed by atoms with Crippen LogP contribution in [0.25, 0.3) is 0 Å². The summed E-state index contributed by atoms with van der Waals surface area (Å²) in [6.07, 6.45) is 0.948. The lowest BCUT2D eigenvalue weighted by atomic mass is 10.3. The first-order valence-corrected chi connectivity index (χ1v) is 5.08. The van der Waals surface area contributed by atoms with Gasteiger partial charge in [-0.25, -0.2) is 0 Å². The van der Waals surface area contributed by atoms with E-state index >= 15 is 0 Å². The highest BCUT2D eigenvalue weighted by molar-refractivity contribution is 5.80. The van der Waals surface area contributed by atoms with Crippen LogP contribution in [0.4, 0.5) is 11.4 Å². The van der Waals surface area contributed by atoms with Crippen molar-refractivity contribution in [2.45, 2.75) is 13.3 Å². The Bertz CT molecular complexity index is 325. The molecule has 0 aliphatic carbocycles. The van der Waals surface area contributed by atoms with Crippen molar-refractivity contribution in [1.82, 2.24) is 5.32 Å². The number of benzene rings is 1. The molecule has 0 saturated heterocycles. The Balaban J connectivity index is 2.33. The fraction of sp³-hybridized carbons (Fsp3) is 0.364. The Labute approximate surface area is 89.9 Å². The van der Waals surface area contributed by atoms with Gasteiger partial charge in [-0.2, -0.15) is 0 Å². The molecule has 0 unspecified atom stereocenters. The second-order valence-electron chi connectivity index (χ2n) is 3.33. The molecule has 1 aromatic rings. The average molecular weight is 207 g/mol. The van der Waals surface area contributed by atoms with Gasteiger partial charge in [0.1, 0.15) is 0 Å². The summed E-state index contributed by atoms with van der Waals surface area (Å²) < 4.78 is 0. The molecule has 0 heterocycles. The highest BCUT2D eigenvalue weighted by atomic mass is 16.1. The van der Waals surface area contributed by atoms with Crippen molar-refractivity contribution < 1.29 is 4.79 Å². The first-order chi connectivity index (χ1) is 7.22. The Morgan fingerprint density at radius 2 is 2.27 bits per heavy atom. The van der Waals surface area contributed by atoms with Gasteiger partial charge in [0.15, 0.2) is 0 Å². The van der Waals surface area contributed by atoms with Crippen LogP contribution in [0.2, 0.25) is 0 Å². The van der Waals surface area contributed by atoms with Crippen molar-refractivity contribution >= 4 is 17.3 Å². The number of hydrogen-bond acceptors (Lipinski definition) is 3. The van der Waals surface area contributed by atoms with Crippen molar-refractivity contribution in [2.75, 3.05) is 24.1 Å². The van der Waals surface area contributed by atoms with Crippen LogP contribution < -0.4 is 16.4 Å². The van der Waals surface area contributed by atoms with Crippen LogP contribution in [-0.2, 0) is 4.79 Å². The van der Waals surface area contributed by atoms with E-state index < -0.39 is 0 Å². The molecule has 0 bridgehead atoms. The number of amides is 1. The minimum atomic E-state index is -0.000672. The van der Waals surface area contributed by atoms with Gasteiger partial charge in [-0.05, 0) is 24.6 Å². The summed E-state index contributed by atoms with van der Waals surface area (Å²) in [7, 11) is 0. The second kappa shape index (κ2) is 5.90. The Kier molecular flexibility index (Phi) is 4.47. The maximum absolute atomic E-state index is 11.3. The Morgan fingerprint density at radius 3 is 2.93 bits per heavy atom. The van der Waals surface area contributed by atoms with Crippen LogP contribution in [0.1, 0.15) is 13.3 Å². The van der Waals surface area contributed by atoms with E-state index in [1.165, 1.54) is 0 Å². The minimum Gasteiger partial charge on any atom is -0.399 e. The predicted molar refractivity (Wildman–Crippen MR) is 62.6 cm³/mol. The SMILES string of the molecule is CCCNC(=O)CNc1cccc(N)c1. The lowest BCUT2D eigenvalue weighted by molar-refractivity contribution is -0.119. The predicted octanol–water partition coefficient (Wildman–Crippen LogP) is 1.21. The van der Waals surface area contributed by atoms with E-state index in [1.54, 1.807) is 6.07 Å². The zero-order chi connectivity index (χ0) is 11.1. The summed E-state index contributed by atoms with van der Waals surface area (Å²) in [5.41, 5.74) is 7.16. The maximum Gasteiger partial charge on any atom is 0.239 e. The van der Waals surface area contributed by atoms with Gasteiger partial charge in [0.2, 0.25) is 5.91 Å². The van der Waals surface area contributed by atoms with E-state index in [0.717, 1.165) is 18.7 Å². The molecule has 0 radical (unpaired) electrons. The molecule has 1 amide bonds. The van der Waals surface area contributed by atoms with Gasteiger partial charge in [-0.3, -0.25) is 4.79 Å². The first kappa shape index (κ1) is 11.4. The van der Waals surface area contributed by atoms with E-state index in [1.807, 2.05) is 25.1 Å². The first-order valence-electron chi connectivity index (χ1n) is 5.08. The largest absolute Gasteiger partial charge is 0.399 e. The zero-order valence-corrected chi connectivity index (χ0v) is 8.92. The lowest BCUT2D eigenvalue weighted by Gasteiger charge is -2.07. The maximum atomic E-state index is 11.3. The molecular formula is C11H17N3O. The lowest BCUT2D eigenvalue weighted by Crippen LogP contribution is -2.30. The molecule has 15 heavy (non-hydrogen) atoms. The third-order valence-electron chi connectivity index (χ3n) is 1.91. The molecular weight excluding hydrogens is 190 g/mol. The van der Waals surface area contributed by atoms with Crippen molar-refractivity contribution in [1.29, 1.82) is 0 Å². The van der Waals surface area contributed by atoms with Crippen molar-refractivity contribution in [3.05, 3.63) is 24.3 Å². The van der Waals surface area contributed by atoms with Crippen molar-refractivity contribution in [3.63, 3.8) is 0 Å². The Morgan fingerprint density at radius 1 is 1.47 bits per heavy atom. The molecule has 0 saturated carbocycles. The highest BCUT2D eigenvalue weighted by Crippen LogP contribution is 2.10. The van der Waals surface area contributed by atoms with E-state index in [0.29, 0.717) is 5.69 Å². The van der Waals surface area contributed by atoms with Crippen LogP contribution in [0.15, 0.2) is 24.3 Å². The van der Waals surface area contributed by atoms with E-state index in [2.05, 4.69) is 10.6 Å². The fourth-order valence-corrected chi connectivity index (χ4v) is 1.16. The van der Waals surface area contributed by atoms with Gasteiger partial charge in [0.25, 0.3) is 0 Å². The number of rotatable bonds is 5. The summed E-state index contributed by atoms with van der Waals surface area (Å²) in [6.45, 7) is 3.02. The molecule has 4 N–H and O–H groups in total. The van der Waals surface area contributed by atoms with Crippen LogP contribution >= 0.6 is 0 Å². The number of anilines is 2. The average Bonchev–Trinajstić information content (AvgIpc) is 2.23. The number of hydrogen-bond donors (Lipinski definition) is 3. The van der Waals surface area contributed by atoms with Crippen molar-refractivity contribution in [3.8, 4) is 0 Å².